The third-order valence-corrected chi connectivity index (χ3v) is 8.62. The highest BCUT2D eigenvalue weighted by molar-refractivity contribution is 6.31. The Bertz CT molecular complexity index is 1180. The van der Waals surface area contributed by atoms with Gasteiger partial charge in [0.2, 0.25) is 5.91 Å². The number of carboxylic acid groups (broad SMARTS) is 1. The molecule has 1 saturated carbocycles. The number of aliphatic carboxylic acids is 1. The van der Waals surface area contributed by atoms with Gasteiger partial charge in [-0.2, -0.15) is 0 Å². The fraction of sp³-hybridized carbons (Fsp3) is 0.500. The molecule has 7 nitrogen and oxygen atoms in total. The lowest BCUT2D eigenvalue weighted by molar-refractivity contribution is -0.137. The monoisotopic (exact) mass is 539 g/mol. The molecular weight excluding hydrogens is 502 g/mol. The molecule has 1 spiro atoms. The number of carboxylic acids is 1. The summed E-state index contributed by atoms with van der Waals surface area (Å²) in [7, 11) is 0. The number of nitrogens with one attached hydrogen (secondary N) is 2. The number of nitrogens with zero attached hydrogens (tertiary/aromatic N) is 1. The molecule has 204 valence electrons. The zero-order valence-corrected chi connectivity index (χ0v) is 23.3. The summed E-state index contributed by atoms with van der Waals surface area (Å²) in [4.78, 5) is 39.2. The maximum absolute atomic E-state index is 14.1. The fourth-order valence-electron chi connectivity index (χ4n) is 6.03. The Morgan fingerprint density at radius 2 is 1.76 bits per heavy atom. The van der Waals surface area contributed by atoms with E-state index in [0.717, 1.165) is 36.8 Å². The molecule has 2 aromatic carbocycles. The van der Waals surface area contributed by atoms with Crippen LogP contribution in [0.15, 0.2) is 48.5 Å². The van der Waals surface area contributed by atoms with E-state index < -0.39 is 17.7 Å². The van der Waals surface area contributed by atoms with Crippen LogP contribution < -0.4 is 10.6 Å². The Morgan fingerprint density at radius 3 is 2.34 bits per heavy atom. The molecule has 2 aliphatic rings. The van der Waals surface area contributed by atoms with Crippen molar-refractivity contribution in [1.29, 1.82) is 0 Å². The van der Waals surface area contributed by atoms with Gasteiger partial charge < -0.3 is 15.3 Å². The molecule has 0 bridgehead atoms. The number of hydrogen-bond donors (Lipinski definition) is 3. The van der Waals surface area contributed by atoms with Crippen LogP contribution in [0, 0.1) is 11.3 Å². The maximum Gasteiger partial charge on any atom is 0.305 e. The molecular formula is C30H38ClN3O4. The first kappa shape index (κ1) is 28.1. The van der Waals surface area contributed by atoms with E-state index in [0.29, 0.717) is 16.5 Å². The lowest BCUT2D eigenvalue weighted by Gasteiger charge is -2.48. The lowest BCUT2D eigenvalue weighted by atomic mass is 9.69. The highest BCUT2D eigenvalue weighted by atomic mass is 35.5. The molecule has 2 aromatic rings. The van der Waals surface area contributed by atoms with Crippen molar-refractivity contribution in [3.05, 3.63) is 70.2 Å². The lowest BCUT2D eigenvalue weighted by Crippen LogP contribution is -2.55. The molecule has 4 rings (SSSR count). The minimum atomic E-state index is -0.959. The molecule has 2 amide bonds. The van der Waals surface area contributed by atoms with Crippen molar-refractivity contribution in [2.24, 2.45) is 11.3 Å². The van der Waals surface area contributed by atoms with Crippen molar-refractivity contribution in [3.63, 3.8) is 0 Å². The second-order valence-corrected chi connectivity index (χ2v) is 12.1. The van der Waals surface area contributed by atoms with E-state index in [1.807, 2.05) is 48.2 Å². The van der Waals surface area contributed by atoms with Crippen molar-refractivity contribution in [2.45, 2.75) is 77.5 Å². The molecule has 2 fully saturated rings. The largest absolute Gasteiger partial charge is 0.481 e. The van der Waals surface area contributed by atoms with Crippen molar-refractivity contribution >= 4 is 29.4 Å². The number of halogens is 1. The third-order valence-electron chi connectivity index (χ3n) is 8.28. The second kappa shape index (κ2) is 11.1. The van der Waals surface area contributed by atoms with Crippen molar-refractivity contribution < 1.29 is 19.5 Å². The second-order valence-electron chi connectivity index (χ2n) is 11.7. The zero-order chi connectivity index (χ0) is 27.7. The van der Waals surface area contributed by atoms with Gasteiger partial charge in [0.15, 0.2) is 0 Å². The van der Waals surface area contributed by atoms with Crippen molar-refractivity contribution in [2.75, 3.05) is 6.54 Å². The molecule has 3 N–H and O–H groups in total. The predicted octanol–water partition coefficient (Wildman–Crippen LogP) is 5.71. The van der Waals surface area contributed by atoms with Gasteiger partial charge in [-0.3, -0.25) is 19.7 Å². The van der Waals surface area contributed by atoms with Crippen LogP contribution in [0.5, 0.6) is 0 Å². The first-order valence-electron chi connectivity index (χ1n) is 13.4. The van der Waals surface area contributed by atoms with Crippen LogP contribution >= 0.6 is 11.6 Å². The van der Waals surface area contributed by atoms with Crippen LogP contribution in [0.25, 0.3) is 0 Å². The summed E-state index contributed by atoms with van der Waals surface area (Å²) >= 11 is 6.54. The Kier molecular flexibility index (Phi) is 8.19. The average Bonchev–Trinajstić information content (AvgIpc) is 3.14. The zero-order valence-electron chi connectivity index (χ0n) is 22.6. The van der Waals surface area contributed by atoms with Crippen LogP contribution in [0.2, 0.25) is 5.02 Å². The molecule has 1 heterocycles. The molecule has 0 radical (unpaired) electrons. The van der Waals surface area contributed by atoms with Crippen LogP contribution in [0.4, 0.5) is 0 Å². The van der Waals surface area contributed by atoms with Crippen LogP contribution in [-0.4, -0.2) is 40.0 Å². The number of hydrogen-bond acceptors (Lipinski definition) is 4. The SMILES string of the molecule is CC(c1ccc(C(=O)NCCC(=O)O)cc1)N1C(=O)C(c2ccccc2Cl)NC12CCC(C(C)(C)C)CC2. The van der Waals surface area contributed by atoms with E-state index >= 15 is 0 Å². The van der Waals surface area contributed by atoms with Crippen LogP contribution in [0.3, 0.4) is 0 Å². The highest BCUT2D eigenvalue weighted by Gasteiger charge is 2.54. The molecule has 0 aromatic heterocycles. The normalized spacial score (nSPS) is 24.4. The number of carbonyl (C=O) groups is 3. The van der Waals surface area contributed by atoms with Gasteiger partial charge in [-0.15, -0.1) is 0 Å². The quantitative estimate of drug-likeness (QED) is 0.418. The van der Waals surface area contributed by atoms with Gasteiger partial charge in [-0.05, 0) is 73.3 Å². The standard InChI is InChI=1S/C30H38ClN3O4/c1-19(20-9-11-21(12-10-20)27(37)32-18-15-25(35)36)34-28(38)26(23-7-5-6-8-24(23)31)33-30(34)16-13-22(14-17-30)29(2,3)4/h5-12,19,22,26,33H,13-18H2,1-4H3,(H,32,37)(H,35,36). The first-order valence-corrected chi connectivity index (χ1v) is 13.8. The molecule has 38 heavy (non-hydrogen) atoms. The highest BCUT2D eigenvalue weighted by Crippen LogP contribution is 2.49. The molecule has 8 heteroatoms. The molecule has 2 unspecified atom stereocenters. The van der Waals surface area contributed by atoms with E-state index in [1.165, 1.54) is 0 Å². The van der Waals surface area contributed by atoms with E-state index in [2.05, 4.69) is 31.4 Å². The number of benzene rings is 2. The van der Waals surface area contributed by atoms with Gasteiger partial charge in [0, 0.05) is 17.1 Å². The summed E-state index contributed by atoms with van der Waals surface area (Å²) in [6.45, 7) is 8.97. The van der Waals surface area contributed by atoms with Crippen LogP contribution in [0.1, 0.15) is 93.4 Å². The Hall–Kier alpha value is -2.90. The molecule has 1 aliphatic carbocycles. The predicted molar refractivity (Wildman–Crippen MR) is 148 cm³/mol. The van der Waals surface area contributed by atoms with Crippen molar-refractivity contribution in [3.8, 4) is 0 Å². The van der Waals surface area contributed by atoms with Gasteiger partial charge in [0.25, 0.3) is 5.91 Å². The van der Waals surface area contributed by atoms with E-state index in [9.17, 15) is 14.4 Å². The van der Waals surface area contributed by atoms with E-state index in [1.54, 1.807) is 12.1 Å². The third kappa shape index (κ3) is 5.74. The topological polar surface area (TPSA) is 98.7 Å². The van der Waals surface area contributed by atoms with E-state index in [-0.39, 0.29) is 36.2 Å². The Balaban J connectivity index is 1.60. The van der Waals surface area contributed by atoms with E-state index in [4.69, 9.17) is 16.7 Å². The Morgan fingerprint density at radius 1 is 1.13 bits per heavy atom. The molecule has 2 atom stereocenters. The summed E-state index contributed by atoms with van der Waals surface area (Å²) in [6, 6.07) is 14.0. The number of amides is 2. The summed E-state index contributed by atoms with van der Waals surface area (Å²) in [6.07, 6.45) is 3.64. The summed E-state index contributed by atoms with van der Waals surface area (Å²) in [5, 5.41) is 15.7. The van der Waals surface area contributed by atoms with Gasteiger partial charge >= 0.3 is 5.97 Å². The smallest absolute Gasteiger partial charge is 0.305 e. The van der Waals surface area contributed by atoms with Crippen LogP contribution in [-0.2, 0) is 9.59 Å². The minimum Gasteiger partial charge on any atom is -0.481 e. The van der Waals surface area contributed by atoms with Crippen molar-refractivity contribution in [1.82, 2.24) is 15.5 Å². The van der Waals surface area contributed by atoms with Gasteiger partial charge in [-0.25, -0.2) is 0 Å². The number of carbonyl (C=O) groups excluding carboxylic acids is 2. The van der Waals surface area contributed by atoms with Gasteiger partial charge in [0.1, 0.15) is 6.04 Å². The summed E-state index contributed by atoms with van der Waals surface area (Å²) in [5.41, 5.74) is 1.91. The molecule has 1 aliphatic heterocycles. The minimum absolute atomic E-state index is 0.00954. The van der Waals surface area contributed by atoms with Gasteiger partial charge in [-0.1, -0.05) is 62.7 Å². The first-order chi connectivity index (χ1) is 17.9. The summed E-state index contributed by atoms with van der Waals surface area (Å²) < 4.78 is 0. The number of rotatable bonds is 7. The van der Waals surface area contributed by atoms with Gasteiger partial charge in [0.05, 0.1) is 18.1 Å². The fourth-order valence-corrected chi connectivity index (χ4v) is 6.27. The summed E-state index contributed by atoms with van der Waals surface area (Å²) in [5.74, 6) is -0.685. The molecule has 1 saturated heterocycles. The maximum atomic E-state index is 14.1. The average molecular weight is 540 g/mol. The Labute approximate surface area is 229 Å².